The molecular weight excluding hydrogens is 370 g/mol. The van der Waals surface area contributed by atoms with Crippen molar-refractivity contribution in [2.75, 3.05) is 5.32 Å². The van der Waals surface area contributed by atoms with Gasteiger partial charge in [-0.05, 0) is 31.0 Å². The number of primary amides is 1. The smallest absolute Gasteiger partial charge is 0.253 e. The number of hydrogen-bond donors (Lipinski definition) is 5. The third kappa shape index (κ3) is 4.44. The number of hydrogen-bond acceptors (Lipinski definition) is 8. The fourth-order valence-corrected chi connectivity index (χ4v) is 3.62. The molecule has 1 unspecified atom stereocenters. The zero-order valence-corrected chi connectivity index (χ0v) is 16.0. The number of aromatic nitrogens is 3. The Bertz CT molecular complexity index is 922. The number of amides is 1. The highest BCUT2D eigenvalue weighted by molar-refractivity contribution is 6.25. The largest absolute Gasteiger partial charge is 0.365 e. The molecule has 2 aromatic rings. The lowest BCUT2D eigenvalue weighted by molar-refractivity contribution is -0.114. The van der Waals surface area contributed by atoms with Crippen molar-refractivity contribution in [2.45, 2.75) is 44.1 Å². The molecule has 1 aliphatic heterocycles. The fourth-order valence-electron chi connectivity index (χ4n) is 3.62. The fraction of sp³-hybridized carbons (Fsp3) is 0.368. The first-order chi connectivity index (χ1) is 14.1. The van der Waals surface area contributed by atoms with Crippen LogP contribution in [-0.4, -0.2) is 45.1 Å². The summed E-state index contributed by atoms with van der Waals surface area (Å²) in [6.45, 7) is 0. The van der Waals surface area contributed by atoms with E-state index in [1.807, 2.05) is 24.3 Å². The third-order valence-electron chi connectivity index (χ3n) is 5.15. The number of carbonyl (C=O) groups is 1. The summed E-state index contributed by atoms with van der Waals surface area (Å²) >= 11 is 0. The quantitative estimate of drug-likeness (QED) is 0.485. The molecule has 0 saturated heterocycles. The number of anilines is 1. The van der Waals surface area contributed by atoms with Crippen LogP contribution < -0.4 is 27.4 Å². The maximum absolute atomic E-state index is 11.9. The highest BCUT2D eigenvalue weighted by atomic mass is 16.1. The molecule has 1 saturated carbocycles. The van der Waals surface area contributed by atoms with Crippen LogP contribution in [0.3, 0.4) is 0 Å². The minimum absolute atomic E-state index is 0.0954. The Balaban J connectivity index is 1.53. The second-order valence-corrected chi connectivity index (χ2v) is 7.21. The number of aliphatic imine (C=N–C) groups is 1. The molecule has 3 atom stereocenters. The molecule has 7 N–H and O–H groups in total. The van der Waals surface area contributed by atoms with Gasteiger partial charge in [0.1, 0.15) is 5.84 Å². The standard InChI is InChI=1S/C19H25N9O/c20-15-6-1-2-7-16(15)25-19-22-11-14(17(21)29)18(26-19)24-12-4-3-5-13(10-12)28-9-8-23-27-28/h3-5,8-11,15-16,19,22,25H,1-2,6-7,20H2,(H2,21,29)(H,24,26)/t15-,16+,19?/m0/s1. The van der Waals surface area contributed by atoms with Gasteiger partial charge in [-0.3, -0.25) is 10.1 Å². The Kier molecular flexibility index (Phi) is 5.54. The Morgan fingerprint density at radius 1 is 1.28 bits per heavy atom. The van der Waals surface area contributed by atoms with E-state index >= 15 is 0 Å². The molecule has 29 heavy (non-hydrogen) atoms. The van der Waals surface area contributed by atoms with Crippen LogP contribution in [0.2, 0.25) is 0 Å². The van der Waals surface area contributed by atoms with Crippen LogP contribution in [0.1, 0.15) is 25.7 Å². The second-order valence-electron chi connectivity index (χ2n) is 7.21. The van der Waals surface area contributed by atoms with Crippen LogP contribution >= 0.6 is 0 Å². The van der Waals surface area contributed by atoms with E-state index in [9.17, 15) is 4.79 Å². The maximum Gasteiger partial charge on any atom is 0.253 e. The molecule has 0 radical (unpaired) electrons. The highest BCUT2D eigenvalue weighted by Crippen LogP contribution is 2.19. The van der Waals surface area contributed by atoms with Gasteiger partial charge in [-0.25, -0.2) is 9.67 Å². The monoisotopic (exact) mass is 395 g/mol. The SMILES string of the molecule is NC(=O)C1=CNC(N[C@@H]2CCCC[C@@H]2N)N=C1Nc1cccc(-n2ccnn2)c1. The molecule has 2 aliphatic rings. The minimum Gasteiger partial charge on any atom is -0.365 e. The van der Waals surface area contributed by atoms with Crippen LogP contribution in [0.25, 0.3) is 5.69 Å². The number of nitrogens with two attached hydrogens (primary N) is 2. The Hall–Kier alpha value is -3.24. The van der Waals surface area contributed by atoms with Gasteiger partial charge in [-0.15, -0.1) is 5.10 Å². The average Bonchev–Trinajstić information content (AvgIpc) is 3.25. The molecule has 2 heterocycles. The number of benzene rings is 1. The first kappa shape index (κ1) is 19.1. The van der Waals surface area contributed by atoms with Crippen LogP contribution in [0.15, 0.2) is 53.4 Å². The Morgan fingerprint density at radius 3 is 2.90 bits per heavy atom. The molecule has 1 aromatic carbocycles. The van der Waals surface area contributed by atoms with Gasteiger partial charge in [0.2, 0.25) is 0 Å². The molecule has 1 aliphatic carbocycles. The van der Waals surface area contributed by atoms with Gasteiger partial charge in [0, 0.05) is 24.0 Å². The predicted molar refractivity (Wildman–Crippen MR) is 110 cm³/mol. The molecule has 10 nitrogen and oxygen atoms in total. The van der Waals surface area contributed by atoms with Gasteiger partial charge < -0.3 is 22.1 Å². The first-order valence-corrected chi connectivity index (χ1v) is 9.70. The summed E-state index contributed by atoms with van der Waals surface area (Å²) in [5, 5.41) is 17.5. The number of nitrogens with zero attached hydrogens (tertiary/aromatic N) is 4. The summed E-state index contributed by atoms with van der Waals surface area (Å²) in [5.74, 6) is -0.169. The van der Waals surface area contributed by atoms with Crippen molar-refractivity contribution in [3.05, 3.63) is 48.4 Å². The molecule has 0 bridgehead atoms. The topological polar surface area (TPSA) is 148 Å². The summed E-state index contributed by atoms with van der Waals surface area (Å²) in [5.41, 5.74) is 13.6. The van der Waals surface area contributed by atoms with Crippen molar-refractivity contribution in [1.82, 2.24) is 25.6 Å². The highest BCUT2D eigenvalue weighted by Gasteiger charge is 2.27. The van der Waals surface area contributed by atoms with E-state index in [1.54, 1.807) is 23.3 Å². The third-order valence-corrected chi connectivity index (χ3v) is 5.15. The lowest BCUT2D eigenvalue weighted by Gasteiger charge is -2.33. The van der Waals surface area contributed by atoms with Crippen molar-refractivity contribution in [3.8, 4) is 5.69 Å². The molecule has 1 amide bonds. The lowest BCUT2D eigenvalue weighted by atomic mass is 9.91. The molecule has 4 rings (SSSR count). The van der Waals surface area contributed by atoms with Gasteiger partial charge in [0.05, 0.1) is 23.7 Å². The van der Waals surface area contributed by atoms with Crippen molar-refractivity contribution < 1.29 is 4.79 Å². The van der Waals surface area contributed by atoms with E-state index in [-0.39, 0.29) is 17.7 Å². The van der Waals surface area contributed by atoms with Crippen molar-refractivity contribution in [1.29, 1.82) is 0 Å². The van der Waals surface area contributed by atoms with E-state index in [1.165, 1.54) is 0 Å². The van der Waals surface area contributed by atoms with Gasteiger partial charge in [0.25, 0.3) is 5.91 Å². The summed E-state index contributed by atoms with van der Waals surface area (Å²) < 4.78 is 1.65. The predicted octanol–water partition coefficient (Wildman–Crippen LogP) is 0.193. The molecule has 152 valence electrons. The number of rotatable bonds is 5. The van der Waals surface area contributed by atoms with E-state index < -0.39 is 12.2 Å². The zero-order chi connectivity index (χ0) is 20.2. The first-order valence-electron chi connectivity index (χ1n) is 9.70. The molecule has 10 heteroatoms. The molecule has 0 spiro atoms. The van der Waals surface area contributed by atoms with Gasteiger partial charge in [-0.2, -0.15) is 0 Å². The Labute approximate surface area is 168 Å². The van der Waals surface area contributed by atoms with Crippen LogP contribution in [0.5, 0.6) is 0 Å². The number of amidine groups is 1. The summed E-state index contributed by atoms with van der Waals surface area (Å²) in [7, 11) is 0. The second kappa shape index (κ2) is 8.41. The van der Waals surface area contributed by atoms with Gasteiger partial charge >= 0.3 is 0 Å². The van der Waals surface area contributed by atoms with Crippen molar-refractivity contribution >= 4 is 17.4 Å². The maximum atomic E-state index is 11.9. The van der Waals surface area contributed by atoms with Crippen LogP contribution in [0.4, 0.5) is 5.69 Å². The summed E-state index contributed by atoms with van der Waals surface area (Å²) in [6.07, 6.45) is 8.85. The normalized spacial score (nSPS) is 24.2. The van der Waals surface area contributed by atoms with Gasteiger partial charge in [0.15, 0.2) is 6.29 Å². The zero-order valence-electron chi connectivity index (χ0n) is 16.0. The number of carbonyl (C=O) groups excluding carboxylic acids is 1. The van der Waals surface area contributed by atoms with Gasteiger partial charge in [-0.1, -0.05) is 24.1 Å². The summed E-state index contributed by atoms with van der Waals surface area (Å²) in [6, 6.07) is 7.82. The van der Waals surface area contributed by atoms with Crippen molar-refractivity contribution in [3.63, 3.8) is 0 Å². The lowest BCUT2D eigenvalue weighted by Crippen LogP contribution is -2.55. The van der Waals surface area contributed by atoms with Crippen molar-refractivity contribution in [2.24, 2.45) is 16.5 Å². The van der Waals surface area contributed by atoms with E-state index in [4.69, 9.17) is 11.5 Å². The van der Waals surface area contributed by atoms with Crippen LogP contribution in [-0.2, 0) is 4.79 Å². The van der Waals surface area contributed by atoms with E-state index in [0.29, 0.717) is 5.84 Å². The number of nitrogens with one attached hydrogen (secondary N) is 3. The average molecular weight is 395 g/mol. The minimum atomic E-state index is -0.566. The van der Waals surface area contributed by atoms with E-state index in [0.717, 1.165) is 37.1 Å². The molecule has 1 aromatic heterocycles. The molecule has 1 fully saturated rings. The Morgan fingerprint density at radius 2 is 2.14 bits per heavy atom. The van der Waals surface area contributed by atoms with Crippen LogP contribution in [0, 0.1) is 0 Å². The van der Waals surface area contributed by atoms with E-state index in [2.05, 4.69) is 31.3 Å². The molecular formula is C19H25N9O. The summed E-state index contributed by atoms with van der Waals surface area (Å²) in [4.78, 5) is 16.5.